The molecule has 0 fully saturated rings. The Kier molecular flexibility index (Phi) is 4.60. The third kappa shape index (κ3) is 3.15. The number of nitrogens with zero attached hydrogens (tertiary/aromatic N) is 1. The molecule has 0 spiro atoms. The van der Waals surface area contributed by atoms with E-state index < -0.39 is 0 Å². The summed E-state index contributed by atoms with van der Waals surface area (Å²) in [4.78, 5) is 14.5. The van der Waals surface area contributed by atoms with Crippen molar-refractivity contribution in [2.24, 2.45) is 0 Å². The maximum atomic E-state index is 12.8. The summed E-state index contributed by atoms with van der Waals surface area (Å²) in [7, 11) is 3.40. The molecule has 24 heavy (non-hydrogen) atoms. The summed E-state index contributed by atoms with van der Waals surface area (Å²) in [6, 6.07) is 13.5. The lowest BCUT2D eigenvalue weighted by atomic mass is 9.97. The van der Waals surface area contributed by atoms with Crippen LogP contribution < -0.4 is 14.2 Å². The summed E-state index contributed by atoms with van der Waals surface area (Å²) in [5, 5.41) is 0. The number of rotatable bonds is 5. The standard InChI is InChI=1S/C19H21NO4/c1-13(19(21)20(2)11-14-7-5-4-6-8-14)15-9-17-18(24-12-23-17)10-16(15)22-3/h4-10,13H,11-12H2,1-3H3. The van der Waals surface area contributed by atoms with Crippen LogP contribution in [0.25, 0.3) is 0 Å². The van der Waals surface area contributed by atoms with E-state index in [0.717, 1.165) is 11.1 Å². The van der Waals surface area contributed by atoms with Crippen molar-refractivity contribution in [1.82, 2.24) is 4.90 Å². The van der Waals surface area contributed by atoms with E-state index in [1.54, 1.807) is 18.1 Å². The zero-order valence-electron chi connectivity index (χ0n) is 14.1. The highest BCUT2D eigenvalue weighted by Gasteiger charge is 2.26. The third-order valence-electron chi connectivity index (χ3n) is 4.20. The third-order valence-corrected chi connectivity index (χ3v) is 4.20. The fourth-order valence-electron chi connectivity index (χ4n) is 2.85. The number of hydrogen-bond donors (Lipinski definition) is 0. The van der Waals surface area contributed by atoms with E-state index in [9.17, 15) is 4.79 Å². The number of methoxy groups -OCH3 is 1. The van der Waals surface area contributed by atoms with Crippen LogP contribution in [0.1, 0.15) is 24.0 Å². The highest BCUT2D eigenvalue weighted by molar-refractivity contribution is 5.84. The van der Waals surface area contributed by atoms with Crippen LogP contribution in [-0.2, 0) is 11.3 Å². The summed E-state index contributed by atoms with van der Waals surface area (Å²) in [5.74, 6) is 1.61. The normalized spacial score (nSPS) is 13.5. The SMILES string of the molecule is COc1cc2c(cc1C(C)C(=O)N(C)Cc1ccccc1)OCO2. The fourth-order valence-corrected chi connectivity index (χ4v) is 2.85. The molecule has 0 bridgehead atoms. The number of carbonyl (C=O) groups excluding carboxylic acids is 1. The van der Waals surface area contributed by atoms with Gasteiger partial charge in [-0.25, -0.2) is 0 Å². The highest BCUT2D eigenvalue weighted by Crippen LogP contribution is 2.41. The molecule has 1 aliphatic heterocycles. The van der Waals surface area contributed by atoms with Gasteiger partial charge in [0, 0.05) is 25.2 Å². The molecular formula is C19H21NO4. The van der Waals surface area contributed by atoms with Gasteiger partial charge in [0.1, 0.15) is 5.75 Å². The smallest absolute Gasteiger partial charge is 0.231 e. The van der Waals surface area contributed by atoms with Gasteiger partial charge >= 0.3 is 0 Å². The van der Waals surface area contributed by atoms with Crippen molar-refractivity contribution in [2.75, 3.05) is 21.0 Å². The first-order valence-corrected chi connectivity index (χ1v) is 7.86. The van der Waals surface area contributed by atoms with Gasteiger partial charge in [-0.3, -0.25) is 4.79 Å². The largest absolute Gasteiger partial charge is 0.496 e. The monoisotopic (exact) mass is 327 g/mol. The topological polar surface area (TPSA) is 48.0 Å². The number of carbonyl (C=O) groups is 1. The molecule has 5 heteroatoms. The summed E-state index contributed by atoms with van der Waals surface area (Å²) < 4.78 is 16.2. The van der Waals surface area contributed by atoms with Gasteiger partial charge in [-0.05, 0) is 18.6 Å². The van der Waals surface area contributed by atoms with Gasteiger partial charge in [0.15, 0.2) is 11.5 Å². The van der Waals surface area contributed by atoms with E-state index in [1.165, 1.54) is 0 Å². The van der Waals surface area contributed by atoms with Crippen LogP contribution in [0.2, 0.25) is 0 Å². The van der Waals surface area contributed by atoms with E-state index in [2.05, 4.69) is 0 Å². The molecule has 0 aliphatic carbocycles. The Balaban J connectivity index is 1.80. The predicted octanol–water partition coefficient (Wildman–Crippen LogP) is 3.19. The molecule has 2 aromatic rings. The van der Waals surface area contributed by atoms with E-state index in [4.69, 9.17) is 14.2 Å². The van der Waals surface area contributed by atoms with E-state index >= 15 is 0 Å². The molecule has 1 atom stereocenters. The first-order valence-electron chi connectivity index (χ1n) is 7.86. The highest BCUT2D eigenvalue weighted by atomic mass is 16.7. The average molecular weight is 327 g/mol. The second kappa shape index (κ2) is 6.83. The molecule has 1 heterocycles. The lowest BCUT2D eigenvalue weighted by molar-refractivity contribution is -0.131. The zero-order valence-corrected chi connectivity index (χ0v) is 14.1. The van der Waals surface area contributed by atoms with Gasteiger partial charge in [-0.2, -0.15) is 0 Å². The molecule has 1 unspecified atom stereocenters. The first kappa shape index (κ1) is 16.2. The van der Waals surface area contributed by atoms with Crippen LogP contribution in [-0.4, -0.2) is 31.8 Å². The molecule has 1 amide bonds. The predicted molar refractivity (Wildman–Crippen MR) is 90.4 cm³/mol. The number of ether oxygens (including phenoxy) is 3. The minimum absolute atomic E-state index is 0.0241. The molecule has 5 nitrogen and oxygen atoms in total. The Morgan fingerprint density at radius 3 is 2.54 bits per heavy atom. The second-order valence-corrected chi connectivity index (χ2v) is 5.85. The van der Waals surface area contributed by atoms with Gasteiger partial charge in [0.2, 0.25) is 12.7 Å². The maximum absolute atomic E-state index is 12.8. The molecule has 126 valence electrons. The van der Waals surface area contributed by atoms with Gasteiger partial charge in [0.05, 0.1) is 13.0 Å². The Hall–Kier alpha value is -2.69. The number of likely N-dealkylation sites (N-methyl/N-ethyl adjacent to an activating group) is 1. The lowest BCUT2D eigenvalue weighted by Gasteiger charge is -2.23. The summed E-state index contributed by atoms with van der Waals surface area (Å²) in [5.41, 5.74) is 1.89. The van der Waals surface area contributed by atoms with Gasteiger partial charge in [0.25, 0.3) is 0 Å². The van der Waals surface area contributed by atoms with Crippen molar-refractivity contribution < 1.29 is 19.0 Å². The Bertz CT molecular complexity index is 730. The fraction of sp³-hybridized carbons (Fsp3) is 0.316. The summed E-state index contributed by atoms with van der Waals surface area (Å²) >= 11 is 0. The van der Waals surface area contributed by atoms with Crippen molar-refractivity contribution in [3.05, 3.63) is 53.6 Å². The zero-order chi connectivity index (χ0) is 17.1. The summed E-state index contributed by atoms with van der Waals surface area (Å²) in [6.07, 6.45) is 0. The van der Waals surface area contributed by atoms with E-state index in [1.807, 2.05) is 50.4 Å². The molecular weight excluding hydrogens is 306 g/mol. The van der Waals surface area contributed by atoms with Crippen LogP contribution in [0.5, 0.6) is 17.2 Å². The minimum atomic E-state index is -0.344. The van der Waals surface area contributed by atoms with Crippen molar-refractivity contribution in [1.29, 1.82) is 0 Å². The van der Waals surface area contributed by atoms with Crippen LogP contribution in [0.4, 0.5) is 0 Å². The second-order valence-electron chi connectivity index (χ2n) is 5.85. The number of hydrogen-bond acceptors (Lipinski definition) is 4. The Morgan fingerprint density at radius 2 is 1.88 bits per heavy atom. The van der Waals surface area contributed by atoms with Gasteiger partial charge < -0.3 is 19.1 Å². The average Bonchev–Trinajstić information content (AvgIpc) is 3.07. The number of fused-ring (bicyclic) bond motifs is 1. The molecule has 1 aliphatic rings. The van der Waals surface area contributed by atoms with Gasteiger partial charge in [-0.15, -0.1) is 0 Å². The minimum Gasteiger partial charge on any atom is -0.496 e. The van der Waals surface area contributed by atoms with Gasteiger partial charge in [-0.1, -0.05) is 30.3 Å². The van der Waals surface area contributed by atoms with Crippen LogP contribution in [0.3, 0.4) is 0 Å². The van der Waals surface area contributed by atoms with Crippen molar-refractivity contribution in [2.45, 2.75) is 19.4 Å². The van der Waals surface area contributed by atoms with E-state index in [0.29, 0.717) is 23.8 Å². The molecule has 0 radical (unpaired) electrons. The first-order chi connectivity index (χ1) is 11.6. The quantitative estimate of drug-likeness (QED) is 0.846. The maximum Gasteiger partial charge on any atom is 0.231 e. The molecule has 3 rings (SSSR count). The molecule has 0 N–H and O–H groups in total. The summed E-state index contributed by atoms with van der Waals surface area (Å²) in [6.45, 7) is 2.64. The Labute approximate surface area is 141 Å². The molecule has 0 saturated carbocycles. The van der Waals surface area contributed by atoms with Crippen LogP contribution in [0.15, 0.2) is 42.5 Å². The van der Waals surface area contributed by atoms with Crippen LogP contribution >= 0.6 is 0 Å². The van der Waals surface area contributed by atoms with Crippen molar-refractivity contribution in [3.63, 3.8) is 0 Å². The number of benzene rings is 2. The van der Waals surface area contributed by atoms with E-state index in [-0.39, 0.29) is 18.6 Å². The molecule has 0 saturated heterocycles. The van der Waals surface area contributed by atoms with Crippen molar-refractivity contribution in [3.8, 4) is 17.2 Å². The molecule has 0 aromatic heterocycles. The lowest BCUT2D eigenvalue weighted by Crippen LogP contribution is -2.30. The van der Waals surface area contributed by atoms with Crippen LogP contribution in [0, 0.1) is 0 Å². The molecule has 2 aromatic carbocycles. The number of amides is 1. The Morgan fingerprint density at radius 1 is 1.21 bits per heavy atom. The van der Waals surface area contributed by atoms with Crippen molar-refractivity contribution >= 4 is 5.91 Å².